The predicted molar refractivity (Wildman–Crippen MR) is 150 cm³/mol. The standard InChI is InChI=1S/C30H32F5NO4S/c1-19-15-20(2)17-22(16-19)9-14-27(30(38)39)36-29(37)26-13-10-23-5-3-4-6-25(23)28(26)40-18-21-7-11-24(12-8-21)41(31,32,33,34)35/h3-8,10-13,20,22,27H,1,9,14-18H2,2H3,(H,36,37)(H,38,39)/t20?,22?,27-/m0/s1. The van der Waals surface area contributed by atoms with Gasteiger partial charge >= 0.3 is 16.2 Å². The first-order valence-electron chi connectivity index (χ1n) is 13.2. The summed E-state index contributed by atoms with van der Waals surface area (Å²) in [6.45, 7) is 5.89. The summed E-state index contributed by atoms with van der Waals surface area (Å²) in [6, 6.07) is 11.3. The van der Waals surface area contributed by atoms with Crippen molar-refractivity contribution in [2.75, 3.05) is 0 Å². The fourth-order valence-corrected chi connectivity index (χ4v) is 6.06. The summed E-state index contributed by atoms with van der Waals surface area (Å²) < 4.78 is 71.3. The number of amides is 1. The molecule has 1 aliphatic carbocycles. The molecule has 0 saturated heterocycles. The lowest BCUT2D eigenvalue weighted by Gasteiger charge is -2.40. The summed E-state index contributed by atoms with van der Waals surface area (Å²) in [4.78, 5) is 23.4. The summed E-state index contributed by atoms with van der Waals surface area (Å²) in [5.74, 6) is -1.00. The van der Waals surface area contributed by atoms with Gasteiger partial charge in [0.2, 0.25) is 0 Å². The van der Waals surface area contributed by atoms with E-state index in [0.717, 1.165) is 37.0 Å². The number of nitrogens with one attached hydrogen (secondary N) is 1. The monoisotopic (exact) mass is 597 g/mol. The Labute approximate surface area is 235 Å². The molecular formula is C30H32F5NO4S. The van der Waals surface area contributed by atoms with Gasteiger partial charge in [0.05, 0.1) is 5.56 Å². The van der Waals surface area contributed by atoms with Crippen LogP contribution in [0.3, 0.4) is 0 Å². The average molecular weight is 598 g/mol. The first kappa shape index (κ1) is 30.4. The number of rotatable bonds is 10. The van der Waals surface area contributed by atoms with Gasteiger partial charge in [-0.15, -0.1) is 0 Å². The smallest absolute Gasteiger partial charge is 0.326 e. The molecule has 1 amide bonds. The van der Waals surface area contributed by atoms with Crippen LogP contribution < -0.4 is 10.1 Å². The second-order valence-electron chi connectivity index (χ2n) is 10.9. The SMILES string of the molecule is C=C1CC(C)CC(CC[C@H](NC(=O)c2ccc3ccccc3c2OCc2ccc(S(F)(F)(F)(F)F)cc2)C(=O)O)C1. The van der Waals surface area contributed by atoms with Crippen molar-refractivity contribution in [3.05, 3.63) is 83.9 Å². The van der Waals surface area contributed by atoms with E-state index in [4.69, 9.17) is 4.74 Å². The van der Waals surface area contributed by atoms with Gasteiger partial charge in [0.1, 0.15) is 23.3 Å². The van der Waals surface area contributed by atoms with Gasteiger partial charge < -0.3 is 15.2 Å². The first-order valence-corrected chi connectivity index (χ1v) is 15.1. The Morgan fingerprint density at radius 3 is 2.34 bits per heavy atom. The fraction of sp³-hybridized carbons (Fsp3) is 0.333. The molecule has 0 spiro atoms. The zero-order valence-electron chi connectivity index (χ0n) is 22.4. The zero-order valence-corrected chi connectivity index (χ0v) is 23.2. The van der Waals surface area contributed by atoms with E-state index in [1.165, 1.54) is 6.07 Å². The lowest BCUT2D eigenvalue weighted by atomic mass is 9.77. The molecule has 222 valence electrons. The van der Waals surface area contributed by atoms with Crippen molar-refractivity contribution in [1.29, 1.82) is 0 Å². The van der Waals surface area contributed by atoms with E-state index in [9.17, 15) is 34.1 Å². The number of hydrogen-bond donors (Lipinski definition) is 2. The first-order chi connectivity index (χ1) is 19.0. The van der Waals surface area contributed by atoms with Crippen LogP contribution in [0.2, 0.25) is 0 Å². The zero-order chi connectivity index (χ0) is 30.1. The molecule has 2 N–H and O–H groups in total. The van der Waals surface area contributed by atoms with E-state index in [1.807, 2.05) is 0 Å². The maximum atomic E-state index is 13.3. The molecule has 41 heavy (non-hydrogen) atoms. The lowest BCUT2D eigenvalue weighted by molar-refractivity contribution is -0.139. The normalized spacial score (nSPS) is 20.1. The van der Waals surface area contributed by atoms with Crippen molar-refractivity contribution in [3.63, 3.8) is 0 Å². The molecule has 3 aromatic rings. The Hall–Kier alpha value is -3.60. The minimum atomic E-state index is -9.81. The summed E-state index contributed by atoms with van der Waals surface area (Å²) in [6.07, 6.45) is 3.59. The Morgan fingerprint density at radius 1 is 1.02 bits per heavy atom. The van der Waals surface area contributed by atoms with Crippen LogP contribution in [0.15, 0.2) is 77.7 Å². The van der Waals surface area contributed by atoms with Crippen molar-refractivity contribution in [1.82, 2.24) is 5.32 Å². The summed E-state index contributed by atoms with van der Waals surface area (Å²) in [5.41, 5.74) is 1.35. The molecular weight excluding hydrogens is 565 g/mol. The third-order valence-electron chi connectivity index (χ3n) is 7.29. The van der Waals surface area contributed by atoms with Crippen molar-refractivity contribution < 1.29 is 38.9 Å². The van der Waals surface area contributed by atoms with Gasteiger partial charge in [-0.2, -0.15) is 0 Å². The van der Waals surface area contributed by atoms with Gasteiger partial charge in [0.15, 0.2) is 0 Å². The van der Waals surface area contributed by atoms with Crippen LogP contribution in [0.25, 0.3) is 10.8 Å². The number of aliphatic carboxylic acids is 1. The molecule has 3 aromatic carbocycles. The third kappa shape index (κ3) is 7.78. The van der Waals surface area contributed by atoms with E-state index in [-0.39, 0.29) is 35.8 Å². The van der Waals surface area contributed by atoms with E-state index in [2.05, 4.69) is 18.8 Å². The highest BCUT2D eigenvalue weighted by Gasteiger charge is 2.65. The van der Waals surface area contributed by atoms with Gasteiger partial charge in [0, 0.05) is 5.39 Å². The number of carboxylic acids is 1. The van der Waals surface area contributed by atoms with Crippen LogP contribution in [-0.4, -0.2) is 23.0 Å². The number of allylic oxidation sites excluding steroid dienone is 1. The molecule has 11 heteroatoms. The molecule has 0 radical (unpaired) electrons. The fourth-order valence-electron chi connectivity index (χ4n) is 5.41. The highest BCUT2D eigenvalue weighted by molar-refractivity contribution is 8.45. The molecule has 4 rings (SSSR count). The van der Waals surface area contributed by atoms with Crippen LogP contribution in [0.5, 0.6) is 5.75 Å². The maximum absolute atomic E-state index is 13.3. The van der Waals surface area contributed by atoms with Gasteiger partial charge in [-0.25, -0.2) is 4.79 Å². The molecule has 0 bridgehead atoms. The molecule has 1 saturated carbocycles. The van der Waals surface area contributed by atoms with E-state index >= 15 is 0 Å². The second-order valence-corrected chi connectivity index (χ2v) is 13.3. The number of benzene rings is 3. The molecule has 2 unspecified atom stereocenters. The van der Waals surface area contributed by atoms with Crippen molar-refractivity contribution in [2.45, 2.75) is 56.6 Å². The molecule has 5 nitrogen and oxygen atoms in total. The molecule has 0 aromatic heterocycles. The Balaban J connectivity index is 1.54. The van der Waals surface area contributed by atoms with Crippen LogP contribution >= 0.6 is 10.2 Å². The van der Waals surface area contributed by atoms with Crippen molar-refractivity contribution in [3.8, 4) is 5.75 Å². The van der Waals surface area contributed by atoms with E-state index < -0.39 is 33.0 Å². The van der Waals surface area contributed by atoms with Gasteiger partial charge in [0.25, 0.3) is 5.91 Å². The second kappa shape index (κ2) is 10.7. The van der Waals surface area contributed by atoms with Crippen LogP contribution in [0.4, 0.5) is 19.4 Å². The van der Waals surface area contributed by atoms with E-state index in [1.54, 1.807) is 30.3 Å². The molecule has 1 aliphatic rings. The van der Waals surface area contributed by atoms with Gasteiger partial charge in [-0.05, 0) is 73.1 Å². The Kier molecular flexibility index (Phi) is 7.90. The summed E-state index contributed by atoms with van der Waals surface area (Å²) >= 11 is 0. The number of carbonyl (C=O) groups is 2. The number of halogens is 5. The third-order valence-corrected chi connectivity index (χ3v) is 8.46. The molecule has 3 atom stereocenters. The Bertz CT molecular complexity index is 1480. The van der Waals surface area contributed by atoms with E-state index in [0.29, 0.717) is 35.2 Å². The number of hydrogen-bond acceptors (Lipinski definition) is 3. The largest absolute Gasteiger partial charge is 0.487 e. The highest BCUT2D eigenvalue weighted by Crippen LogP contribution is 3.02. The number of ether oxygens (including phenoxy) is 1. The highest BCUT2D eigenvalue weighted by atomic mass is 32.5. The van der Waals surface area contributed by atoms with Gasteiger partial charge in [-0.1, -0.05) is 81.0 Å². The number of carboxylic acid groups (broad SMARTS) is 1. The van der Waals surface area contributed by atoms with Crippen LogP contribution in [-0.2, 0) is 11.4 Å². The van der Waals surface area contributed by atoms with Crippen molar-refractivity contribution in [2.24, 2.45) is 11.8 Å². The quantitative estimate of drug-likeness (QED) is 0.181. The average Bonchev–Trinajstić information content (AvgIpc) is 2.87. The number of fused-ring (bicyclic) bond motifs is 1. The minimum Gasteiger partial charge on any atom is -0.487 e. The van der Waals surface area contributed by atoms with Gasteiger partial charge in [-0.3, -0.25) is 4.79 Å². The number of carbonyl (C=O) groups excluding carboxylic acids is 1. The topological polar surface area (TPSA) is 75.6 Å². The summed E-state index contributed by atoms with van der Waals surface area (Å²) in [5, 5.41) is 13.6. The molecule has 1 fully saturated rings. The lowest BCUT2D eigenvalue weighted by Crippen LogP contribution is -2.41. The predicted octanol–water partition coefficient (Wildman–Crippen LogP) is 9.03. The molecule has 0 aliphatic heterocycles. The van der Waals surface area contributed by atoms with Crippen molar-refractivity contribution >= 4 is 32.9 Å². The maximum Gasteiger partial charge on any atom is 0.326 e. The summed E-state index contributed by atoms with van der Waals surface area (Å²) in [7, 11) is -9.81. The van der Waals surface area contributed by atoms with Crippen LogP contribution in [0, 0.1) is 11.8 Å². The van der Waals surface area contributed by atoms with Crippen LogP contribution in [0.1, 0.15) is 54.9 Å². The minimum absolute atomic E-state index is 0.0400. The Morgan fingerprint density at radius 2 is 1.71 bits per heavy atom. The molecule has 0 heterocycles.